The van der Waals surface area contributed by atoms with Gasteiger partial charge in [0.15, 0.2) is 11.5 Å². The summed E-state index contributed by atoms with van der Waals surface area (Å²) in [6.45, 7) is 0.523. The number of hydrogen-bond donors (Lipinski definition) is 2. The third-order valence-electron chi connectivity index (χ3n) is 2.71. The van der Waals surface area contributed by atoms with Crippen LogP contribution in [0.15, 0.2) is 12.1 Å². The average molecular weight is 207 g/mol. The molecular weight excluding hydrogens is 197 g/mol. The Hall–Kier alpha value is -1.24. The fraction of sp³-hybridized carbons (Fsp3) is 0.333. The van der Waals surface area contributed by atoms with E-state index < -0.39 is 7.12 Å². The van der Waals surface area contributed by atoms with E-state index in [-0.39, 0.29) is 12.9 Å². The molecule has 0 aromatic heterocycles. The molecule has 0 saturated carbocycles. The second-order valence-corrected chi connectivity index (χ2v) is 3.52. The number of rotatable bonds is 1. The van der Waals surface area contributed by atoms with Gasteiger partial charge in [-0.2, -0.15) is 0 Å². The van der Waals surface area contributed by atoms with Crippen molar-refractivity contribution in [3.63, 3.8) is 0 Å². The Balaban J connectivity index is 2.16. The molecule has 1 atom stereocenters. The summed E-state index contributed by atoms with van der Waals surface area (Å²) in [6.07, 6.45) is -0.260. The van der Waals surface area contributed by atoms with Gasteiger partial charge in [-0.3, -0.25) is 0 Å². The summed E-state index contributed by atoms with van der Waals surface area (Å²) in [5.74, 6) is 1.23. The average Bonchev–Trinajstić information content (AvgIpc) is 2.81. The molecule has 1 aromatic carbocycles. The molecule has 0 aliphatic carbocycles. The Morgan fingerprint density at radius 2 is 2.33 bits per heavy atom. The maximum Gasteiger partial charge on any atom is 0.496 e. The Kier molecular flexibility index (Phi) is 1.88. The Bertz CT molecular complexity index is 411. The maximum absolute atomic E-state index is 9.73. The summed E-state index contributed by atoms with van der Waals surface area (Å²) in [5.41, 5.74) is 7.08. The van der Waals surface area contributed by atoms with Gasteiger partial charge in [0, 0.05) is 12.0 Å². The van der Waals surface area contributed by atoms with Gasteiger partial charge in [-0.05, 0) is 11.6 Å². The molecule has 1 aromatic rings. The first-order valence-corrected chi connectivity index (χ1v) is 4.77. The highest BCUT2D eigenvalue weighted by Gasteiger charge is 2.39. The van der Waals surface area contributed by atoms with Gasteiger partial charge in [-0.15, -0.1) is 0 Å². The Labute approximate surface area is 86.9 Å². The van der Waals surface area contributed by atoms with Crippen molar-refractivity contribution < 1.29 is 19.2 Å². The molecule has 0 amide bonds. The molecule has 2 aliphatic heterocycles. The summed E-state index contributed by atoms with van der Waals surface area (Å²) in [5, 5.41) is 9.73. The smallest absolute Gasteiger partial charge is 0.454 e. The predicted octanol–water partition coefficient (Wildman–Crippen LogP) is -0.867. The monoisotopic (exact) mass is 207 g/mol. The zero-order chi connectivity index (χ0) is 10.4. The molecule has 15 heavy (non-hydrogen) atoms. The van der Waals surface area contributed by atoms with Gasteiger partial charge in [0.1, 0.15) is 0 Å². The Morgan fingerprint density at radius 3 is 3.13 bits per heavy atom. The van der Waals surface area contributed by atoms with Crippen LogP contribution in [0.4, 0.5) is 0 Å². The Morgan fingerprint density at radius 1 is 1.47 bits per heavy atom. The van der Waals surface area contributed by atoms with Crippen molar-refractivity contribution >= 4 is 12.6 Å². The topological polar surface area (TPSA) is 73.9 Å². The minimum Gasteiger partial charge on any atom is -0.454 e. The highest BCUT2D eigenvalue weighted by atomic mass is 16.7. The van der Waals surface area contributed by atoms with Crippen molar-refractivity contribution in [3.05, 3.63) is 17.7 Å². The van der Waals surface area contributed by atoms with Gasteiger partial charge in [0.05, 0.1) is 6.10 Å². The zero-order valence-electron chi connectivity index (χ0n) is 7.97. The van der Waals surface area contributed by atoms with Crippen LogP contribution in [0.2, 0.25) is 0 Å². The molecule has 3 N–H and O–H groups in total. The van der Waals surface area contributed by atoms with E-state index in [1.165, 1.54) is 0 Å². The van der Waals surface area contributed by atoms with E-state index in [1.54, 1.807) is 0 Å². The first kappa shape index (κ1) is 9.02. The highest BCUT2D eigenvalue weighted by molar-refractivity contribution is 6.63. The summed E-state index contributed by atoms with van der Waals surface area (Å²) in [6, 6.07) is 3.67. The van der Waals surface area contributed by atoms with Crippen LogP contribution in [0.5, 0.6) is 11.5 Å². The van der Waals surface area contributed by atoms with E-state index in [2.05, 4.69) is 0 Å². The number of benzene rings is 1. The van der Waals surface area contributed by atoms with E-state index >= 15 is 0 Å². The first-order chi connectivity index (χ1) is 7.31. The summed E-state index contributed by atoms with van der Waals surface area (Å²) in [7, 11) is -0.967. The van der Waals surface area contributed by atoms with Crippen LogP contribution in [-0.4, -0.2) is 25.5 Å². The normalized spacial score (nSPS) is 22.0. The fourth-order valence-corrected chi connectivity index (χ4v) is 2.02. The van der Waals surface area contributed by atoms with Crippen LogP contribution in [0.3, 0.4) is 0 Å². The van der Waals surface area contributed by atoms with Crippen LogP contribution in [0, 0.1) is 0 Å². The molecule has 2 aliphatic rings. The fourth-order valence-electron chi connectivity index (χ4n) is 2.02. The van der Waals surface area contributed by atoms with Gasteiger partial charge in [-0.25, -0.2) is 0 Å². The lowest BCUT2D eigenvalue weighted by Gasteiger charge is -2.08. The molecule has 1 unspecified atom stereocenters. The minimum atomic E-state index is -0.967. The zero-order valence-corrected chi connectivity index (χ0v) is 7.97. The summed E-state index contributed by atoms with van der Waals surface area (Å²) >= 11 is 0. The van der Waals surface area contributed by atoms with Crippen LogP contribution < -0.4 is 20.7 Å². The maximum atomic E-state index is 9.73. The first-order valence-electron chi connectivity index (χ1n) is 4.77. The highest BCUT2D eigenvalue weighted by Crippen LogP contribution is 2.36. The van der Waals surface area contributed by atoms with Crippen molar-refractivity contribution in [1.82, 2.24) is 0 Å². The van der Waals surface area contributed by atoms with Gasteiger partial charge >= 0.3 is 7.12 Å². The van der Waals surface area contributed by atoms with Crippen LogP contribution in [0.25, 0.3) is 0 Å². The lowest BCUT2D eigenvalue weighted by atomic mass is 9.78. The van der Waals surface area contributed by atoms with Crippen LogP contribution >= 0.6 is 0 Å². The molecule has 0 bridgehead atoms. The quantitative estimate of drug-likeness (QED) is 0.585. The van der Waals surface area contributed by atoms with Crippen molar-refractivity contribution in [2.45, 2.75) is 6.10 Å². The number of hydrogen-bond acceptors (Lipinski definition) is 5. The van der Waals surface area contributed by atoms with Crippen molar-refractivity contribution in [2.24, 2.45) is 5.73 Å². The molecule has 3 rings (SSSR count). The third kappa shape index (κ3) is 1.16. The lowest BCUT2D eigenvalue weighted by molar-refractivity contribution is 0.174. The molecule has 78 valence electrons. The SMILES string of the molecule is NCC1OB(O)c2c1ccc1c2OCO1. The molecule has 0 spiro atoms. The molecular formula is C9H10BNO4. The van der Waals surface area contributed by atoms with Crippen LogP contribution in [-0.2, 0) is 4.65 Å². The van der Waals surface area contributed by atoms with Gasteiger partial charge < -0.3 is 24.9 Å². The predicted molar refractivity (Wildman–Crippen MR) is 53.1 cm³/mol. The molecule has 0 radical (unpaired) electrons. The van der Waals surface area contributed by atoms with Gasteiger partial charge in [0.25, 0.3) is 0 Å². The van der Waals surface area contributed by atoms with Crippen molar-refractivity contribution in [3.8, 4) is 11.5 Å². The van der Waals surface area contributed by atoms with Gasteiger partial charge in [-0.1, -0.05) is 6.07 Å². The molecule has 6 heteroatoms. The summed E-state index contributed by atoms with van der Waals surface area (Å²) < 4.78 is 15.8. The van der Waals surface area contributed by atoms with Gasteiger partial charge in [0.2, 0.25) is 6.79 Å². The second kappa shape index (κ2) is 3.13. The number of nitrogens with two attached hydrogens (primary N) is 1. The third-order valence-corrected chi connectivity index (χ3v) is 2.71. The van der Waals surface area contributed by atoms with Crippen molar-refractivity contribution in [1.29, 1.82) is 0 Å². The summed E-state index contributed by atoms with van der Waals surface area (Å²) in [4.78, 5) is 0. The molecule has 5 nitrogen and oxygen atoms in total. The van der Waals surface area contributed by atoms with E-state index in [0.717, 1.165) is 5.56 Å². The van der Waals surface area contributed by atoms with E-state index in [9.17, 15) is 5.02 Å². The lowest BCUT2D eigenvalue weighted by Crippen LogP contribution is -2.29. The molecule has 0 saturated heterocycles. The minimum absolute atomic E-state index is 0.186. The molecule has 2 heterocycles. The largest absolute Gasteiger partial charge is 0.496 e. The van der Waals surface area contributed by atoms with E-state index in [1.807, 2.05) is 12.1 Å². The standard InChI is InChI=1S/C9H10BNO4/c11-3-7-5-1-2-6-9(14-4-13-6)8(5)10(12)15-7/h1-2,7,12H,3-4,11H2. The second-order valence-electron chi connectivity index (χ2n) is 3.52. The number of ether oxygens (including phenoxy) is 2. The van der Waals surface area contributed by atoms with Crippen molar-refractivity contribution in [2.75, 3.05) is 13.3 Å². The van der Waals surface area contributed by atoms with E-state index in [4.69, 9.17) is 19.9 Å². The van der Waals surface area contributed by atoms with Crippen LogP contribution in [0.1, 0.15) is 11.7 Å². The van der Waals surface area contributed by atoms with E-state index in [0.29, 0.717) is 23.5 Å². The molecule has 0 fully saturated rings. The number of fused-ring (bicyclic) bond motifs is 3.